The highest BCUT2D eigenvalue weighted by atomic mass is 35.5. The Morgan fingerprint density at radius 3 is 2.90 bits per heavy atom. The van der Waals surface area contributed by atoms with Gasteiger partial charge in [-0.05, 0) is 41.8 Å². The normalized spacial score (nSPS) is 17.1. The molecule has 3 rings (SSSR count). The van der Waals surface area contributed by atoms with E-state index in [1.807, 2.05) is 37.3 Å². The van der Waals surface area contributed by atoms with Gasteiger partial charge in [-0.15, -0.1) is 0 Å². The zero-order valence-corrected chi connectivity index (χ0v) is 12.6. The first-order chi connectivity index (χ1) is 10.1. The lowest BCUT2D eigenvalue weighted by Crippen LogP contribution is -2.35. The summed E-state index contributed by atoms with van der Waals surface area (Å²) < 4.78 is 0. The van der Waals surface area contributed by atoms with Crippen molar-refractivity contribution in [1.29, 1.82) is 0 Å². The summed E-state index contributed by atoms with van der Waals surface area (Å²) in [5.74, 6) is -0.148. The third-order valence-electron chi connectivity index (χ3n) is 3.86. The first kappa shape index (κ1) is 14.1. The Hall–Kier alpha value is -1.84. The molecule has 1 aliphatic rings. The van der Waals surface area contributed by atoms with Gasteiger partial charge in [-0.3, -0.25) is 4.79 Å². The summed E-state index contributed by atoms with van der Waals surface area (Å²) in [6.07, 6.45) is 0. The Labute approximate surface area is 129 Å². The number of amides is 1. The van der Waals surface area contributed by atoms with Crippen molar-refractivity contribution in [2.24, 2.45) is 0 Å². The summed E-state index contributed by atoms with van der Waals surface area (Å²) in [4.78, 5) is 12.6. The van der Waals surface area contributed by atoms with Gasteiger partial charge in [-0.25, -0.2) is 0 Å². The lowest BCUT2D eigenvalue weighted by atomic mass is 9.90. The van der Waals surface area contributed by atoms with Crippen LogP contribution in [0.3, 0.4) is 0 Å². The van der Waals surface area contributed by atoms with Crippen LogP contribution in [0, 0.1) is 6.92 Å². The second-order valence-electron chi connectivity index (χ2n) is 5.33. The molecular formula is C17H17ClN2O. The molecule has 1 heterocycles. The number of aryl methyl sites for hydroxylation is 1. The predicted octanol–water partition coefficient (Wildman–Crippen LogP) is 3.47. The molecule has 1 atom stereocenters. The standard InChI is InChI=1S/C17H17ClN2O/c1-11-8-13(18)6-7-16(11)20-17(21)15-10-19-9-12-4-2-3-5-14(12)15/h2-8,15,19H,9-10H2,1H3,(H,20,21). The van der Waals surface area contributed by atoms with Gasteiger partial charge in [-0.2, -0.15) is 0 Å². The quantitative estimate of drug-likeness (QED) is 0.891. The smallest absolute Gasteiger partial charge is 0.233 e. The van der Waals surface area contributed by atoms with Crippen molar-refractivity contribution >= 4 is 23.2 Å². The van der Waals surface area contributed by atoms with Gasteiger partial charge in [0.15, 0.2) is 0 Å². The summed E-state index contributed by atoms with van der Waals surface area (Å²) >= 11 is 5.95. The number of rotatable bonds is 2. The number of hydrogen-bond donors (Lipinski definition) is 2. The van der Waals surface area contributed by atoms with Crippen LogP contribution < -0.4 is 10.6 Å². The maximum absolute atomic E-state index is 12.6. The molecule has 0 saturated heterocycles. The van der Waals surface area contributed by atoms with Crippen molar-refractivity contribution in [2.45, 2.75) is 19.4 Å². The van der Waals surface area contributed by atoms with E-state index < -0.39 is 0 Å². The van der Waals surface area contributed by atoms with E-state index in [0.717, 1.165) is 23.4 Å². The van der Waals surface area contributed by atoms with Crippen LogP contribution in [0.4, 0.5) is 5.69 Å². The number of nitrogens with one attached hydrogen (secondary N) is 2. The average Bonchev–Trinajstić information content (AvgIpc) is 2.49. The van der Waals surface area contributed by atoms with Gasteiger partial charge < -0.3 is 10.6 Å². The monoisotopic (exact) mass is 300 g/mol. The van der Waals surface area contributed by atoms with Gasteiger partial charge in [0.2, 0.25) is 5.91 Å². The van der Waals surface area contributed by atoms with Crippen molar-refractivity contribution < 1.29 is 4.79 Å². The number of halogens is 1. The maximum atomic E-state index is 12.6. The SMILES string of the molecule is Cc1cc(Cl)ccc1NC(=O)C1CNCc2ccccc21. The third-order valence-corrected chi connectivity index (χ3v) is 4.09. The number of hydrogen-bond acceptors (Lipinski definition) is 2. The highest BCUT2D eigenvalue weighted by Crippen LogP contribution is 2.26. The topological polar surface area (TPSA) is 41.1 Å². The maximum Gasteiger partial charge on any atom is 0.233 e. The summed E-state index contributed by atoms with van der Waals surface area (Å²) in [5.41, 5.74) is 4.08. The van der Waals surface area contributed by atoms with Crippen molar-refractivity contribution in [3.63, 3.8) is 0 Å². The van der Waals surface area contributed by atoms with Crippen LogP contribution in [0.5, 0.6) is 0 Å². The van der Waals surface area contributed by atoms with Crippen molar-refractivity contribution in [2.75, 3.05) is 11.9 Å². The first-order valence-electron chi connectivity index (χ1n) is 7.00. The fraction of sp³-hybridized carbons (Fsp3) is 0.235. The largest absolute Gasteiger partial charge is 0.325 e. The Morgan fingerprint density at radius 2 is 2.10 bits per heavy atom. The van der Waals surface area contributed by atoms with Gasteiger partial charge in [0.05, 0.1) is 5.92 Å². The molecule has 4 heteroatoms. The summed E-state index contributed by atoms with van der Waals surface area (Å²) in [6.45, 7) is 3.42. The lowest BCUT2D eigenvalue weighted by Gasteiger charge is -2.25. The molecule has 2 aromatic rings. The van der Waals surface area contributed by atoms with Crippen LogP contribution in [-0.2, 0) is 11.3 Å². The molecule has 0 spiro atoms. The minimum Gasteiger partial charge on any atom is -0.325 e. The third kappa shape index (κ3) is 2.94. The van der Waals surface area contributed by atoms with E-state index >= 15 is 0 Å². The predicted molar refractivity (Wildman–Crippen MR) is 85.7 cm³/mol. The van der Waals surface area contributed by atoms with Crippen LogP contribution in [-0.4, -0.2) is 12.5 Å². The zero-order chi connectivity index (χ0) is 14.8. The van der Waals surface area contributed by atoms with E-state index in [9.17, 15) is 4.79 Å². The van der Waals surface area contributed by atoms with Crippen LogP contribution in [0.25, 0.3) is 0 Å². The van der Waals surface area contributed by atoms with Crippen LogP contribution >= 0.6 is 11.6 Å². The van der Waals surface area contributed by atoms with E-state index in [1.165, 1.54) is 5.56 Å². The van der Waals surface area contributed by atoms with Gasteiger partial charge in [-0.1, -0.05) is 35.9 Å². The molecule has 0 radical (unpaired) electrons. The highest BCUT2D eigenvalue weighted by Gasteiger charge is 2.26. The summed E-state index contributed by atoms with van der Waals surface area (Å²) in [6, 6.07) is 13.6. The lowest BCUT2D eigenvalue weighted by molar-refractivity contribution is -0.117. The minimum atomic E-state index is -0.162. The molecular weight excluding hydrogens is 284 g/mol. The molecule has 2 aromatic carbocycles. The molecule has 0 aliphatic carbocycles. The second-order valence-corrected chi connectivity index (χ2v) is 5.77. The van der Waals surface area contributed by atoms with Crippen LogP contribution in [0.2, 0.25) is 5.02 Å². The highest BCUT2D eigenvalue weighted by molar-refractivity contribution is 6.30. The number of benzene rings is 2. The molecule has 2 N–H and O–H groups in total. The molecule has 21 heavy (non-hydrogen) atoms. The van der Waals surface area contributed by atoms with Gasteiger partial charge in [0, 0.05) is 23.8 Å². The minimum absolute atomic E-state index is 0.0140. The van der Waals surface area contributed by atoms with Crippen LogP contribution in [0.1, 0.15) is 22.6 Å². The number of anilines is 1. The molecule has 1 amide bonds. The molecule has 1 unspecified atom stereocenters. The summed E-state index contributed by atoms with van der Waals surface area (Å²) in [7, 11) is 0. The first-order valence-corrected chi connectivity index (χ1v) is 7.38. The van der Waals surface area contributed by atoms with Crippen molar-refractivity contribution in [1.82, 2.24) is 5.32 Å². The molecule has 108 valence electrons. The van der Waals surface area contributed by atoms with E-state index in [4.69, 9.17) is 11.6 Å². The Bertz CT molecular complexity index is 684. The molecule has 0 bridgehead atoms. The van der Waals surface area contributed by atoms with Crippen molar-refractivity contribution in [3.8, 4) is 0 Å². The Morgan fingerprint density at radius 1 is 1.29 bits per heavy atom. The number of carbonyl (C=O) groups excluding carboxylic acids is 1. The molecule has 3 nitrogen and oxygen atoms in total. The van der Waals surface area contributed by atoms with Crippen molar-refractivity contribution in [3.05, 3.63) is 64.2 Å². The molecule has 0 fully saturated rings. The Balaban J connectivity index is 1.83. The zero-order valence-electron chi connectivity index (χ0n) is 11.8. The molecule has 1 aliphatic heterocycles. The number of fused-ring (bicyclic) bond motifs is 1. The summed E-state index contributed by atoms with van der Waals surface area (Å²) in [5, 5.41) is 6.99. The van der Waals surface area contributed by atoms with Gasteiger partial charge in [0.25, 0.3) is 0 Å². The average molecular weight is 301 g/mol. The second kappa shape index (κ2) is 5.88. The Kier molecular flexibility index (Phi) is 3.95. The van der Waals surface area contributed by atoms with E-state index in [-0.39, 0.29) is 11.8 Å². The number of carbonyl (C=O) groups is 1. The van der Waals surface area contributed by atoms with Gasteiger partial charge in [0.1, 0.15) is 0 Å². The van der Waals surface area contributed by atoms with E-state index in [2.05, 4.69) is 16.7 Å². The molecule has 0 saturated carbocycles. The fourth-order valence-electron chi connectivity index (χ4n) is 2.72. The molecule has 0 aromatic heterocycles. The van der Waals surface area contributed by atoms with E-state index in [0.29, 0.717) is 11.6 Å². The van der Waals surface area contributed by atoms with E-state index in [1.54, 1.807) is 6.07 Å². The fourth-order valence-corrected chi connectivity index (χ4v) is 2.94. The van der Waals surface area contributed by atoms with Crippen LogP contribution in [0.15, 0.2) is 42.5 Å². The van der Waals surface area contributed by atoms with Gasteiger partial charge >= 0.3 is 0 Å².